The van der Waals surface area contributed by atoms with Crippen molar-refractivity contribution in [1.82, 2.24) is 9.55 Å². The van der Waals surface area contributed by atoms with Crippen LogP contribution < -0.4 is 0 Å². The molecule has 4 rings (SSSR count). The number of aliphatic imine (C=N–C) groups is 1. The van der Waals surface area contributed by atoms with Crippen LogP contribution >= 0.6 is 15.9 Å². The van der Waals surface area contributed by atoms with Crippen molar-refractivity contribution in [2.24, 2.45) is 4.99 Å². The van der Waals surface area contributed by atoms with Gasteiger partial charge in [-0.15, -0.1) is 0 Å². The Morgan fingerprint density at radius 2 is 1.88 bits per heavy atom. The van der Waals surface area contributed by atoms with Crippen molar-refractivity contribution in [2.75, 3.05) is 6.61 Å². The van der Waals surface area contributed by atoms with E-state index in [0.29, 0.717) is 18.8 Å². The van der Waals surface area contributed by atoms with Crippen LogP contribution in [0.3, 0.4) is 0 Å². The Morgan fingerprint density at radius 1 is 1.15 bits per heavy atom. The molecule has 1 aromatic heterocycles. The number of hydrogen-bond donors (Lipinski definition) is 0. The summed E-state index contributed by atoms with van der Waals surface area (Å²) in [5, 5.41) is 0. The van der Waals surface area contributed by atoms with E-state index in [0.717, 1.165) is 32.7 Å². The first-order chi connectivity index (χ1) is 12.7. The normalized spacial score (nSPS) is 12.6. The van der Waals surface area contributed by atoms with Crippen molar-refractivity contribution in [2.45, 2.75) is 13.5 Å². The fourth-order valence-corrected chi connectivity index (χ4v) is 3.58. The van der Waals surface area contributed by atoms with Gasteiger partial charge in [0, 0.05) is 15.6 Å². The molecule has 0 bridgehead atoms. The number of imidazole rings is 1. The summed E-state index contributed by atoms with van der Waals surface area (Å²) < 4.78 is 8.04. The summed E-state index contributed by atoms with van der Waals surface area (Å²) in [5.74, 6) is -0.418. The molecule has 0 saturated heterocycles. The van der Waals surface area contributed by atoms with Crippen molar-refractivity contribution in [3.8, 4) is 5.69 Å². The van der Waals surface area contributed by atoms with Gasteiger partial charge in [0.2, 0.25) is 0 Å². The monoisotopic (exact) mass is 409 g/mol. The fraction of sp³-hybridized carbons (Fsp3) is 0.150. The lowest BCUT2D eigenvalue weighted by atomic mass is 10.0. The fourth-order valence-electron chi connectivity index (χ4n) is 3.11. The third-order valence-electron chi connectivity index (χ3n) is 4.27. The number of rotatable bonds is 3. The summed E-state index contributed by atoms with van der Waals surface area (Å²) in [4.78, 5) is 21.4. The quantitative estimate of drug-likeness (QED) is 0.610. The van der Waals surface area contributed by atoms with Crippen LogP contribution in [-0.2, 0) is 11.3 Å². The minimum Gasteiger partial charge on any atom is -0.461 e. The van der Waals surface area contributed by atoms with Crippen molar-refractivity contribution >= 4 is 27.6 Å². The molecule has 0 N–H and O–H groups in total. The van der Waals surface area contributed by atoms with Crippen molar-refractivity contribution in [3.05, 3.63) is 81.8 Å². The van der Waals surface area contributed by atoms with Crippen LogP contribution in [0.5, 0.6) is 0 Å². The van der Waals surface area contributed by atoms with Crippen LogP contribution in [-0.4, -0.2) is 27.8 Å². The average molecular weight is 410 g/mol. The van der Waals surface area contributed by atoms with Gasteiger partial charge in [0.1, 0.15) is 6.33 Å². The number of esters is 1. The lowest BCUT2D eigenvalue weighted by Gasteiger charge is -2.12. The zero-order valence-electron chi connectivity index (χ0n) is 14.1. The number of fused-ring (bicyclic) bond motifs is 3. The molecule has 0 saturated carbocycles. The minimum absolute atomic E-state index is 0.313. The number of halogens is 1. The molecule has 1 aliphatic rings. The third kappa shape index (κ3) is 2.76. The predicted octanol–water partition coefficient (Wildman–Crippen LogP) is 4.16. The Hall–Kier alpha value is -2.73. The largest absolute Gasteiger partial charge is 0.461 e. The molecule has 26 heavy (non-hydrogen) atoms. The molecule has 6 heteroatoms. The summed E-state index contributed by atoms with van der Waals surface area (Å²) in [7, 11) is 0. The van der Waals surface area contributed by atoms with Gasteiger partial charge in [0.05, 0.1) is 30.2 Å². The molecule has 0 atom stereocenters. The minimum atomic E-state index is -0.418. The first kappa shape index (κ1) is 16.7. The maximum Gasteiger partial charge on any atom is 0.358 e. The number of carbonyl (C=O) groups excluding carboxylic acids is 1. The van der Waals surface area contributed by atoms with Crippen LogP contribution in [0.2, 0.25) is 0 Å². The van der Waals surface area contributed by atoms with Crippen molar-refractivity contribution < 1.29 is 9.53 Å². The summed E-state index contributed by atoms with van der Waals surface area (Å²) >= 11 is 3.62. The van der Waals surface area contributed by atoms with Gasteiger partial charge < -0.3 is 4.74 Å². The van der Waals surface area contributed by atoms with Crippen LogP contribution in [0.4, 0.5) is 0 Å². The first-order valence-electron chi connectivity index (χ1n) is 8.33. The Bertz CT molecular complexity index is 1020. The summed E-state index contributed by atoms with van der Waals surface area (Å²) in [5.41, 5.74) is 4.88. The molecule has 3 aromatic rings. The van der Waals surface area contributed by atoms with E-state index >= 15 is 0 Å². The van der Waals surface area contributed by atoms with E-state index in [1.54, 1.807) is 13.3 Å². The van der Waals surface area contributed by atoms with E-state index in [1.165, 1.54) is 0 Å². The Kier molecular flexibility index (Phi) is 4.42. The van der Waals surface area contributed by atoms with Gasteiger partial charge in [-0.1, -0.05) is 52.3 Å². The molecule has 0 fully saturated rings. The zero-order valence-corrected chi connectivity index (χ0v) is 15.7. The highest BCUT2D eigenvalue weighted by atomic mass is 79.9. The number of aromatic nitrogens is 2. The second kappa shape index (κ2) is 6.88. The van der Waals surface area contributed by atoms with E-state index in [-0.39, 0.29) is 0 Å². The molecule has 2 heterocycles. The SMILES string of the molecule is CCOC(=O)c1ncn2c1CN=C(c1ccccc1Br)c1ccccc1-2. The van der Waals surface area contributed by atoms with Gasteiger partial charge in [-0.3, -0.25) is 9.56 Å². The van der Waals surface area contributed by atoms with Crippen LogP contribution in [0.25, 0.3) is 5.69 Å². The molecule has 0 aliphatic carbocycles. The number of para-hydroxylation sites is 1. The second-order valence-corrected chi connectivity index (χ2v) is 6.65. The second-order valence-electron chi connectivity index (χ2n) is 5.79. The molecule has 130 valence electrons. The highest BCUT2D eigenvalue weighted by molar-refractivity contribution is 9.10. The van der Waals surface area contributed by atoms with Gasteiger partial charge >= 0.3 is 5.97 Å². The van der Waals surface area contributed by atoms with Gasteiger partial charge in [-0.05, 0) is 19.1 Å². The summed E-state index contributed by atoms with van der Waals surface area (Å²) in [6.07, 6.45) is 1.67. The van der Waals surface area contributed by atoms with E-state index in [4.69, 9.17) is 9.73 Å². The standard InChI is InChI=1S/C20H16BrN3O2/c1-2-26-20(25)19-17-11-22-18(13-7-3-5-9-15(13)21)14-8-4-6-10-16(14)24(17)12-23-19/h3-10,12H,2,11H2,1H3. The Morgan fingerprint density at radius 3 is 2.65 bits per heavy atom. The summed E-state index contributed by atoms with van der Waals surface area (Å²) in [6, 6.07) is 16.0. The van der Waals surface area contributed by atoms with Crippen molar-refractivity contribution in [3.63, 3.8) is 0 Å². The molecule has 0 unspecified atom stereocenters. The molecular weight excluding hydrogens is 394 g/mol. The zero-order chi connectivity index (χ0) is 18.1. The van der Waals surface area contributed by atoms with E-state index in [1.807, 2.05) is 53.1 Å². The number of benzene rings is 2. The average Bonchev–Trinajstić information content (AvgIpc) is 3.01. The highest BCUT2D eigenvalue weighted by Gasteiger charge is 2.25. The van der Waals surface area contributed by atoms with Gasteiger partial charge in [-0.2, -0.15) is 0 Å². The topological polar surface area (TPSA) is 56.5 Å². The van der Waals surface area contributed by atoms with Crippen LogP contribution in [0.1, 0.15) is 34.2 Å². The van der Waals surface area contributed by atoms with E-state index < -0.39 is 5.97 Å². The Labute approximate surface area is 159 Å². The van der Waals surface area contributed by atoms with Crippen LogP contribution in [0.15, 0.2) is 64.3 Å². The van der Waals surface area contributed by atoms with Crippen molar-refractivity contribution in [1.29, 1.82) is 0 Å². The maximum absolute atomic E-state index is 12.3. The van der Waals surface area contributed by atoms with Gasteiger partial charge in [-0.25, -0.2) is 9.78 Å². The number of ether oxygens (including phenoxy) is 1. The number of hydrogen-bond acceptors (Lipinski definition) is 4. The first-order valence-corrected chi connectivity index (χ1v) is 9.12. The van der Waals surface area contributed by atoms with E-state index in [9.17, 15) is 4.79 Å². The Balaban J connectivity index is 1.91. The molecular formula is C20H16BrN3O2. The van der Waals surface area contributed by atoms with Gasteiger partial charge in [0.15, 0.2) is 5.69 Å². The molecule has 0 radical (unpaired) electrons. The summed E-state index contributed by atoms with van der Waals surface area (Å²) in [6.45, 7) is 2.44. The molecule has 0 amide bonds. The maximum atomic E-state index is 12.3. The highest BCUT2D eigenvalue weighted by Crippen LogP contribution is 2.29. The lowest BCUT2D eigenvalue weighted by molar-refractivity contribution is 0.0518. The third-order valence-corrected chi connectivity index (χ3v) is 4.96. The number of carbonyl (C=O) groups is 1. The lowest BCUT2D eigenvalue weighted by Crippen LogP contribution is -2.09. The van der Waals surface area contributed by atoms with Gasteiger partial charge in [0.25, 0.3) is 0 Å². The number of nitrogens with zero attached hydrogens (tertiary/aromatic N) is 3. The predicted molar refractivity (Wildman–Crippen MR) is 103 cm³/mol. The molecule has 0 spiro atoms. The molecule has 1 aliphatic heterocycles. The van der Waals surface area contributed by atoms with Crippen LogP contribution in [0, 0.1) is 0 Å². The molecule has 5 nitrogen and oxygen atoms in total. The molecule has 2 aromatic carbocycles. The smallest absolute Gasteiger partial charge is 0.358 e. The van der Waals surface area contributed by atoms with E-state index in [2.05, 4.69) is 20.9 Å².